The summed E-state index contributed by atoms with van der Waals surface area (Å²) in [5.41, 5.74) is 0.919. The summed E-state index contributed by atoms with van der Waals surface area (Å²) >= 11 is 0. The molecule has 0 aromatic heterocycles. The number of cyclic esters (lactones) is 2. The Morgan fingerprint density at radius 1 is 1.14 bits per heavy atom. The van der Waals surface area contributed by atoms with Crippen molar-refractivity contribution in [2.45, 2.75) is 12.3 Å². The first-order valence-corrected chi connectivity index (χ1v) is 4.56. The van der Waals surface area contributed by atoms with Gasteiger partial charge in [0.05, 0.1) is 5.41 Å². The second-order valence-electron chi connectivity index (χ2n) is 3.75. The fourth-order valence-electron chi connectivity index (χ4n) is 1.53. The monoisotopic (exact) mass is 192 g/mol. The van der Waals surface area contributed by atoms with Crippen molar-refractivity contribution in [1.29, 1.82) is 0 Å². The predicted octanol–water partition coefficient (Wildman–Crippen LogP) is 2.11. The molecule has 3 nitrogen and oxygen atoms in total. The topological polar surface area (TPSA) is 35.5 Å². The minimum absolute atomic E-state index is 0.213. The first kappa shape index (κ1) is 9.06. The molecule has 0 spiro atoms. The summed E-state index contributed by atoms with van der Waals surface area (Å²) in [6.45, 7) is 2.79. The lowest BCUT2D eigenvalue weighted by atomic mass is 9.84. The van der Waals surface area contributed by atoms with Gasteiger partial charge in [-0.3, -0.25) is 0 Å². The number of carbonyl (C=O) groups excluding carboxylic acids is 1. The number of ether oxygens (including phenoxy) is 2. The molecule has 1 aliphatic rings. The van der Waals surface area contributed by atoms with Gasteiger partial charge in [0.1, 0.15) is 13.2 Å². The predicted molar refractivity (Wildman–Crippen MR) is 51.1 cm³/mol. The lowest BCUT2D eigenvalue weighted by Crippen LogP contribution is -2.40. The summed E-state index contributed by atoms with van der Waals surface area (Å²) in [6.07, 6.45) is -0.571. The summed E-state index contributed by atoms with van der Waals surface area (Å²) in [6, 6.07) is 9.93. The van der Waals surface area contributed by atoms with Crippen LogP contribution in [0, 0.1) is 0 Å². The largest absolute Gasteiger partial charge is 0.508 e. The Morgan fingerprint density at radius 3 is 2.29 bits per heavy atom. The molecule has 0 radical (unpaired) electrons. The van der Waals surface area contributed by atoms with Crippen molar-refractivity contribution in [3.05, 3.63) is 35.9 Å². The van der Waals surface area contributed by atoms with E-state index in [1.165, 1.54) is 0 Å². The molecule has 0 atom stereocenters. The van der Waals surface area contributed by atoms with Crippen LogP contribution in [0.3, 0.4) is 0 Å². The Hall–Kier alpha value is -1.51. The maximum absolute atomic E-state index is 10.7. The van der Waals surface area contributed by atoms with Crippen LogP contribution in [0.25, 0.3) is 0 Å². The molecule has 1 saturated heterocycles. The van der Waals surface area contributed by atoms with E-state index in [0.29, 0.717) is 13.2 Å². The zero-order valence-corrected chi connectivity index (χ0v) is 8.03. The molecule has 1 fully saturated rings. The van der Waals surface area contributed by atoms with Gasteiger partial charge in [0.25, 0.3) is 0 Å². The Kier molecular flexibility index (Phi) is 2.15. The normalized spacial score (nSPS) is 19.6. The highest BCUT2D eigenvalue weighted by atomic mass is 16.7. The van der Waals surface area contributed by atoms with Crippen molar-refractivity contribution in [2.24, 2.45) is 0 Å². The smallest absolute Gasteiger partial charge is 0.433 e. The molecule has 1 heterocycles. The maximum atomic E-state index is 10.7. The zero-order chi connectivity index (χ0) is 10.0. The van der Waals surface area contributed by atoms with Crippen LogP contribution in [-0.4, -0.2) is 19.4 Å². The maximum Gasteiger partial charge on any atom is 0.508 e. The van der Waals surface area contributed by atoms with Gasteiger partial charge in [0.15, 0.2) is 0 Å². The summed E-state index contributed by atoms with van der Waals surface area (Å²) in [5, 5.41) is 0. The van der Waals surface area contributed by atoms with Crippen LogP contribution in [0.15, 0.2) is 30.3 Å². The summed E-state index contributed by atoms with van der Waals surface area (Å²) in [7, 11) is 0. The number of hydrogen-bond acceptors (Lipinski definition) is 3. The van der Waals surface area contributed by atoms with Crippen LogP contribution >= 0.6 is 0 Å². The van der Waals surface area contributed by atoms with E-state index >= 15 is 0 Å². The fourth-order valence-corrected chi connectivity index (χ4v) is 1.53. The molecule has 0 aliphatic carbocycles. The van der Waals surface area contributed by atoms with Crippen molar-refractivity contribution in [1.82, 2.24) is 0 Å². The van der Waals surface area contributed by atoms with Crippen LogP contribution in [0.2, 0.25) is 0 Å². The standard InChI is InChI=1S/C11H12O3/c1-11(7-13-10(12)14-8-11)9-5-3-2-4-6-9/h2-6H,7-8H2,1H3. The van der Waals surface area contributed by atoms with E-state index in [0.717, 1.165) is 5.56 Å². The highest BCUT2D eigenvalue weighted by molar-refractivity contribution is 5.61. The third kappa shape index (κ3) is 1.58. The van der Waals surface area contributed by atoms with Crippen LogP contribution < -0.4 is 0 Å². The van der Waals surface area contributed by atoms with E-state index in [1.807, 2.05) is 37.3 Å². The third-order valence-corrected chi connectivity index (χ3v) is 2.49. The van der Waals surface area contributed by atoms with Crippen molar-refractivity contribution >= 4 is 6.16 Å². The molecule has 0 unspecified atom stereocenters. The van der Waals surface area contributed by atoms with Gasteiger partial charge in [-0.15, -0.1) is 0 Å². The molecule has 1 aromatic carbocycles. The second kappa shape index (κ2) is 3.33. The molecule has 0 bridgehead atoms. The molecule has 74 valence electrons. The van der Waals surface area contributed by atoms with Gasteiger partial charge in [-0.25, -0.2) is 4.79 Å². The van der Waals surface area contributed by atoms with Gasteiger partial charge in [-0.05, 0) is 12.5 Å². The highest BCUT2D eigenvalue weighted by Gasteiger charge is 2.34. The van der Waals surface area contributed by atoms with Gasteiger partial charge >= 0.3 is 6.16 Å². The van der Waals surface area contributed by atoms with E-state index in [1.54, 1.807) is 0 Å². The average Bonchev–Trinajstić information content (AvgIpc) is 2.24. The van der Waals surface area contributed by atoms with Crippen LogP contribution in [0.5, 0.6) is 0 Å². The summed E-state index contributed by atoms with van der Waals surface area (Å²) in [4.78, 5) is 10.7. The second-order valence-corrected chi connectivity index (χ2v) is 3.75. The van der Waals surface area contributed by atoms with Gasteiger partial charge in [-0.1, -0.05) is 30.3 Å². The molecule has 0 saturated carbocycles. The lowest BCUT2D eigenvalue weighted by molar-refractivity contribution is -0.0217. The first-order chi connectivity index (χ1) is 6.71. The van der Waals surface area contributed by atoms with Crippen molar-refractivity contribution in [3.63, 3.8) is 0 Å². The van der Waals surface area contributed by atoms with E-state index in [4.69, 9.17) is 9.47 Å². The first-order valence-electron chi connectivity index (χ1n) is 4.56. The molecule has 2 rings (SSSR count). The SMILES string of the molecule is CC1(c2ccccc2)COC(=O)OC1. The Balaban J connectivity index is 2.21. The minimum Gasteiger partial charge on any atom is -0.433 e. The van der Waals surface area contributed by atoms with Crippen LogP contribution in [0.4, 0.5) is 4.79 Å². The Bertz CT molecular complexity index is 322. The lowest BCUT2D eigenvalue weighted by Gasteiger charge is -2.32. The van der Waals surface area contributed by atoms with Gasteiger partial charge in [-0.2, -0.15) is 0 Å². The molecule has 1 aliphatic heterocycles. The summed E-state index contributed by atoms with van der Waals surface area (Å²) in [5.74, 6) is 0. The van der Waals surface area contributed by atoms with E-state index in [-0.39, 0.29) is 5.41 Å². The minimum atomic E-state index is -0.571. The van der Waals surface area contributed by atoms with Gasteiger partial charge in [0.2, 0.25) is 0 Å². The highest BCUT2D eigenvalue weighted by Crippen LogP contribution is 2.27. The van der Waals surface area contributed by atoms with Crippen molar-refractivity contribution in [2.75, 3.05) is 13.2 Å². The molecular weight excluding hydrogens is 180 g/mol. The number of rotatable bonds is 1. The number of benzene rings is 1. The fraction of sp³-hybridized carbons (Fsp3) is 0.364. The average molecular weight is 192 g/mol. The van der Waals surface area contributed by atoms with E-state index in [9.17, 15) is 4.79 Å². The van der Waals surface area contributed by atoms with E-state index in [2.05, 4.69) is 0 Å². The summed E-state index contributed by atoms with van der Waals surface area (Å²) < 4.78 is 9.77. The van der Waals surface area contributed by atoms with Crippen LogP contribution in [-0.2, 0) is 14.9 Å². The molecule has 1 aromatic rings. The molecular formula is C11H12O3. The number of carbonyl (C=O) groups is 1. The Morgan fingerprint density at radius 2 is 1.71 bits per heavy atom. The third-order valence-electron chi connectivity index (χ3n) is 2.49. The van der Waals surface area contributed by atoms with Gasteiger partial charge < -0.3 is 9.47 Å². The molecule has 0 N–H and O–H groups in total. The van der Waals surface area contributed by atoms with Gasteiger partial charge in [0, 0.05) is 0 Å². The zero-order valence-electron chi connectivity index (χ0n) is 8.03. The van der Waals surface area contributed by atoms with E-state index < -0.39 is 6.16 Å². The quantitative estimate of drug-likeness (QED) is 0.639. The van der Waals surface area contributed by atoms with Crippen LogP contribution in [0.1, 0.15) is 12.5 Å². The molecule has 3 heteroatoms. The molecule has 14 heavy (non-hydrogen) atoms. The van der Waals surface area contributed by atoms with Crippen molar-refractivity contribution in [3.8, 4) is 0 Å². The Labute approximate surface area is 82.6 Å². The number of hydrogen-bond donors (Lipinski definition) is 0. The molecule has 0 amide bonds. The van der Waals surface area contributed by atoms with Crippen molar-refractivity contribution < 1.29 is 14.3 Å².